The maximum Gasteiger partial charge on any atom is 0.0703 e. The van der Waals surface area contributed by atoms with Gasteiger partial charge in [0.1, 0.15) is 0 Å². The van der Waals surface area contributed by atoms with Crippen molar-refractivity contribution in [2.45, 2.75) is 51.3 Å². The van der Waals surface area contributed by atoms with Gasteiger partial charge in [-0.15, -0.1) is 0 Å². The molecule has 2 rings (SSSR count). The minimum Gasteiger partial charge on any atom is -0.377 e. The van der Waals surface area contributed by atoms with Crippen LogP contribution in [0.25, 0.3) is 0 Å². The third kappa shape index (κ3) is 2.52. The molecule has 2 N–H and O–H groups in total. The molecule has 4 unspecified atom stereocenters. The van der Waals surface area contributed by atoms with E-state index in [4.69, 9.17) is 10.5 Å². The van der Waals surface area contributed by atoms with Gasteiger partial charge in [0.15, 0.2) is 0 Å². The van der Waals surface area contributed by atoms with Gasteiger partial charge in [0, 0.05) is 25.2 Å². The van der Waals surface area contributed by atoms with Gasteiger partial charge < -0.3 is 10.5 Å². The zero-order chi connectivity index (χ0) is 10.8. The lowest BCUT2D eigenvalue weighted by molar-refractivity contribution is 0.0500. The Labute approximate surface area is 93.0 Å². The first-order valence-electron chi connectivity index (χ1n) is 6.29. The Kier molecular flexibility index (Phi) is 3.65. The molecule has 2 fully saturated rings. The zero-order valence-electron chi connectivity index (χ0n) is 9.98. The Morgan fingerprint density at radius 2 is 2.20 bits per heavy atom. The molecule has 3 nitrogen and oxygen atoms in total. The fourth-order valence-corrected chi connectivity index (χ4v) is 2.97. The summed E-state index contributed by atoms with van der Waals surface area (Å²) < 4.78 is 5.64. The highest BCUT2D eigenvalue weighted by molar-refractivity contribution is 4.87. The Morgan fingerprint density at radius 1 is 1.40 bits per heavy atom. The fraction of sp³-hybridized carbons (Fsp3) is 1.00. The van der Waals surface area contributed by atoms with Crippen molar-refractivity contribution < 1.29 is 4.74 Å². The maximum atomic E-state index is 6.00. The average Bonchev–Trinajstić information content (AvgIpc) is 2.64. The van der Waals surface area contributed by atoms with E-state index in [1.54, 1.807) is 0 Å². The van der Waals surface area contributed by atoms with E-state index in [-0.39, 0.29) is 0 Å². The molecule has 2 saturated heterocycles. The summed E-state index contributed by atoms with van der Waals surface area (Å²) in [5.41, 5.74) is 6.00. The summed E-state index contributed by atoms with van der Waals surface area (Å²) in [6, 6.07) is 0.983. The second-order valence-corrected chi connectivity index (χ2v) is 5.19. The summed E-state index contributed by atoms with van der Waals surface area (Å²) in [6.07, 6.45) is 4.22. The average molecular weight is 212 g/mol. The molecule has 3 heteroatoms. The minimum absolute atomic E-state index is 0.338. The predicted octanol–water partition coefficient (Wildman–Crippen LogP) is 1.22. The highest BCUT2D eigenvalue weighted by atomic mass is 16.5. The second-order valence-electron chi connectivity index (χ2n) is 5.19. The Balaban J connectivity index is 1.92. The first-order chi connectivity index (χ1) is 7.18. The van der Waals surface area contributed by atoms with Gasteiger partial charge in [0.25, 0.3) is 0 Å². The zero-order valence-corrected chi connectivity index (χ0v) is 9.98. The number of hydrogen-bond donors (Lipinski definition) is 1. The largest absolute Gasteiger partial charge is 0.377 e. The van der Waals surface area contributed by atoms with Gasteiger partial charge in [0.2, 0.25) is 0 Å². The van der Waals surface area contributed by atoms with Crippen molar-refractivity contribution in [3.63, 3.8) is 0 Å². The van der Waals surface area contributed by atoms with Gasteiger partial charge in [-0.2, -0.15) is 0 Å². The van der Waals surface area contributed by atoms with Crippen LogP contribution >= 0.6 is 0 Å². The lowest BCUT2D eigenvalue weighted by Crippen LogP contribution is -2.48. The maximum absolute atomic E-state index is 6.00. The van der Waals surface area contributed by atoms with Crippen LogP contribution in [-0.4, -0.2) is 42.8 Å². The summed E-state index contributed by atoms with van der Waals surface area (Å²) in [7, 11) is 0. The van der Waals surface area contributed by atoms with E-state index in [9.17, 15) is 0 Å². The van der Waals surface area contributed by atoms with E-state index in [0.717, 1.165) is 6.61 Å². The van der Waals surface area contributed by atoms with Gasteiger partial charge in [-0.3, -0.25) is 4.90 Å². The highest BCUT2D eigenvalue weighted by Gasteiger charge is 2.33. The van der Waals surface area contributed by atoms with Crippen LogP contribution in [0.4, 0.5) is 0 Å². The molecule has 88 valence electrons. The molecular formula is C12H24N2O. The van der Waals surface area contributed by atoms with Crippen LogP contribution in [0.3, 0.4) is 0 Å². The molecule has 15 heavy (non-hydrogen) atoms. The lowest BCUT2D eigenvalue weighted by Gasteiger charge is -2.39. The summed E-state index contributed by atoms with van der Waals surface area (Å²) in [6.45, 7) is 7.69. The Hall–Kier alpha value is -0.120. The SMILES string of the molecule is CC(N)C1CCCN(C2CCOC2C)C1. The quantitative estimate of drug-likeness (QED) is 0.748. The van der Waals surface area contributed by atoms with Crippen molar-refractivity contribution >= 4 is 0 Å². The number of rotatable bonds is 2. The normalized spacial score (nSPS) is 40.6. The van der Waals surface area contributed by atoms with Crippen LogP contribution in [0.5, 0.6) is 0 Å². The van der Waals surface area contributed by atoms with E-state index in [2.05, 4.69) is 18.7 Å². The van der Waals surface area contributed by atoms with Crippen LogP contribution in [0.15, 0.2) is 0 Å². The third-order valence-corrected chi connectivity index (χ3v) is 4.04. The van der Waals surface area contributed by atoms with Crippen molar-refractivity contribution in [3.05, 3.63) is 0 Å². The molecule has 0 aromatic rings. The minimum atomic E-state index is 0.338. The standard InChI is InChI=1S/C12H24N2O/c1-9(13)11-4-3-6-14(8-11)12-5-7-15-10(12)2/h9-12H,3-8,13H2,1-2H3. The number of piperidine rings is 1. The molecule has 0 aliphatic carbocycles. The molecule has 2 heterocycles. The van der Waals surface area contributed by atoms with Crippen LogP contribution in [0, 0.1) is 5.92 Å². The van der Waals surface area contributed by atoms with Crippen molar-refractivity contribution in [2.75, 3.05) is 19.7 Å². The number of nitrogens with two attached hydrogens (primary N) is 1. The van der Waals surface area contributed by atoms with Gasteiger partial charge in [-0.05, 0) is 45.6 Å². The first-order valence-corrected chi connectivity index (χ1v) is 6.29. The van der Waals surface area contributed by atoms with E-state index < -0.39 is 0 Å². The molecule has 0 aromatic heterocycles. The number of nitrogens with zero attached hydrogens (tertiary/aromatic N) is 1. The smallest absolute Gasteiger partial charge is 0.0703 e. The molecule has 0 amide bonds. The van der Waals surface area contributed by atoms with Crippen molar-refractivity contribution in [2.24, 2.45) is 11.7 Å². The molecule has 2 aliphatic rings. The molecule has 0 bridgehead atoms. The molecule has 0 aromatic carbocycles. The Bertz CT molecular complexity index is 208. The predicted molar refractivity (Wildman–Crippen MR) is 61.8 cm³/mol. The van der Waals surface area contributed by atoms with E-state index in [0.29, 0.717) is 24.1 Å². The number of hydrogen-bond acceptors (Lipinski definition) is 3. The van der Waals surface area contributed by atoms with Gasteiger partial charge in [0.05, 0.1) is 6.10 Å². The first kappa shape index (κ1) is 11.4. The topological polar surface area (TPSA) is 38.5 Å². The Morgan fingerprint density at radius 3 is 2.80 bits per heavy atom. The van der Waals surface area contributed by atoms with Crippen molar-refractivity contribution in [3.8, 4) is 0 Å². The van der Waals surface area contributed by atoms with Crippen molar-refractivity contribution in [1.29, 1.82) is 0 Å². The lowest BCUT2D eigenvalue weighted by atomic mass is 9.90. The van der Waals surface area contributed by atoms with Gasteiger partial charge in [-0.1, -0.05) is 0 Å². The molecule has 0 radical (unpaired) electrons. The summed E-state index contributed by atoms with van der Waals surface area (Å²) in [5.74, 6) is 0.687. The van der Waals surface area contributed by atoms with Crippen LogP contribution in [0.1, 0.15) is 33.1 Å². The van der Waals surface area contributed by atoms with Crippen molar-refractivity contribution in [1.82, 2.24) is 4.90 Å². The van der Waals surface area contributed by atoms with E-state index in [1.807, 2.05) is 0 Å². The van der Waals surface area contributed by atoms with E-state index in [1.165, 1.54) is 32.4 Å². The third-order valence-electron chi connectivity index (χ3n) is 4.04. The summed E-state index contributed by atoms with van der Waals surface area (Å²) in [5, 5.41) is 0. The van der Waals surface area contributed by atoms with Crippen LogP contribution in [0.2, 0.25) is 0 Å². The fourth-order valence-electron chi connectivity index (χ4n) is 2.97. The molecule has 2 aliphatic heterocycles. The molecular weight excluding hydrogens is 188 g/mol. The number of ether oxygens (including phenoxy) is 1. The molecule has 0 saturated carbocycles. The van der Waals surface area contributed by atoms with Gasteiger partial charge in [-0.25, -0.2) is 0 Å². The monoisotopic (exact) mass is 212 g/mol. The van der Waals surface area contributed by atoms with Crippen LogP contribution in [-0.2, 0) is 4.74 Å². The van der Waals surface area contributed by atoms with Crippen LogP contribution < -0.4 is 5.73 Å². The summed E-state index contributed by atoms with van der Waals surface area (Å²) in [4.78, 5) is 2.61. The molecule has 4 atom stereocenters. The van der Waals surface area contributed by atoms with E-state index >= 15 is 0 Å². The second kappa shape index (κ2) is 4.81. The van der Waals surface area contributed by atoms with Gasteiger partial charge >= 0.3 is 0 Å². The molecule has 0 spiro atoms. The number of likely N-dealkylation sites (tertiary alicyclic amines) is 1. The highest BCUT2D eigenvalue weighted by Crippen LogP contribution is 2.26. The summed E-state index contributed by atoms with van der Waals surface area (Å²) >= 11 is 0.